The maximum atomic E-state index is 2.51. The predicted molar refractivity (Wildman–Crippen MR) is 202 cm³/mol. The molecule has 10 rings (SSSR count). The summed E-state index contributed by atoms with van der Waals surface area (Å²) in [7, 11) is 0. The Bertz CT molecular complexity index is 2550. The third kappa shape index (κ3) is 3.62. The molecule has 48 heavy (non-hydrogen) atoms. The first-order valence-corrected chi connectivity index (χ1v) is 16.9. The molecular formula is C47H33N. The van der Waals surface area contributed by atoms with E-state index in [0.29, 0.717) is 0 Å². The van der Waals surface area contributed by atoms with E-state index in [9.17, 15) is 0 Å². The van der Waals surface area contributed by atoms with E-state index in [4.69, 9.17) is 0 Å². The summed E-state index contributed by atoms with van der Waals surface area (Å²) in [4.78, 5) is 2.41. The Morgan fingerprint density at radius 2 is 1.10 bits per heavy atom. The molecule has 0 aromatic heterocycles. The third-order valence-corrected chi connectivity index (χ3v) is 10.8. The van der Waals surface area contributed by atoms with Crippen LogP contribution in [0.2, 0.25) is 0 Å². The quantitative estimate of drug-likeness (QED) is 0.192. The molecule has 0 amide bonds. The van der Waals surface area contributed by atoms with Gasteiger partial charge in [-0.3, -0.25) is 0 Å². The SMILES string of the molecule is Cc1ccc(C)c(N(c2ccccc2)c2ccc3cc4c(cc3c2)C2(c3ccccc3-c3ccccc32)c2c-4ccc3ccccc23)c1. The van der Waals surface area contributed by atoms with Crippen LogP contribution >= 0.6 is 0 Å². The van der Waals surface area contributed by atoms with E-state index in [1.165, 1.54) is 82.9 Å². The summed E-state index contributed by atoms with van der Waals surface area (Å²) in [5.41, 5.74) is 16.5. The normalized spacial score (nSPS) is 13.4. The number of hydrogen-bond acceptors (Lipinski definition) is 1. The predicted octanol–water partition coefficient (Wildman–Crippen LogP) is 12.4. The standard InChI is InChI=1S/C47H33N/c1-30-20-21-31(2)45(26-30)48(35-13-4-3-5-14-35)36-24-22-33-28-41-40-25-23-32-12-6-7-15-37(32)46(40)47(44(41)29-34(33)27-36)42-18-10-8-16-38(42)39-17-9-11-19-43(39)47/h3-29H,1-2H3. The molecule has 0 bridgehead atoms. The molecule has 0 saturated heterocycles. The molecule has 0 aliphatic heterocycles. The highest BCUT2D eigenvalue weighted by molar-refractivity contribution is 6.06. The zero-order valence-corrected chi connectivity index (χ0v) is 27.0. The number of anilines is 3. The lowest BCUT2D eigenvalue weighted by Gasteiger charge is -2.32. The van der Waals surface area contributed by atoms with Crippen LogP contribution in [-0.2, 0) is 5.41 Å². The monoisotopic (exact) mass is 611 g/mol. The maximum absolute atomic E-state index is 2.51. The molecule has 1 nitrogen and oxygen atoms in total. The fourth-order valence-electron chi connectivity index (χ4n) is 8.75. The summed E-state index contributed by atoms with van der Waals surface area (Å²) in [6.45, 7) is 4.38. The largest absolute Gasteiger partial charge is 0.310 e. The molecular weight excluding hydrogens is 579 g/mol. The summed E-state index contributed by atoms with van der Waals surface area (Å²) in [5.74, 6) is 0. The summed E-state index contributed by atoms with van der Waals surface area (Å²) in [6, 6.07) is 61.2. The van der Waals surface area contributed by atoms with Crippen molar-refractivity contribution in [3.63, 3.8) is 0 Å². The van der Waals surface area contributed by atoms with Crippen molar-refractivity contribution >= 4 is 38.6 Å². The van der Waals surface area contributed by atoms with Crippen molar-refractivity contribution in [1.82, 2.24) is 0 Å². The lowest BCUT2D eigenvalue weighted by atomic mass is 9.69. The molecule has 1 spiro atoms. The van der Waals surface area contributed by atoms with Crippen molar-refractivity contribution in [1.29, 1.82) is 0 Å². The molecule has 0 fully saturated rings. The molecule has 2 aliphatic rings. The fourth-order valence-corrected chi connectivity index (χ4v) is 8.75. The Hall–Kier alpha value is -5.92. The minimum Gasteiger partial charge on any atom is -0.310 e. The van der Waals surface area contributed by atoms with Crippen molar-refractivity contribution < 1.29 is 0 Å². The molecule has 0 N–H and O–H groups in total. The van der Waals surface area contributed by atoms with Crippen LogP contribution in [0.15, 0.2) is 164 Å². The number of fused-ring (bicyclic) bond motifs is 13. The van der Waals surface area contributed by atoms with Crippen molar-refractivity contribution in [3.8, 4) is 22.3 Å². The Morgan fingerprint density at radius 1 is 0.417 bits per heavy atom. The highest BCUT2D eigenvalue weighted by atomic mass is 15.1. The molecule has 0 saturated carbocycles. The van der Waals surface area contributed by atoms with Crippen LogP contribution in [0.25, 0.3) is 43.8 Å². The van der Waals surface area contributed by atoms with E-state index < -0.39 is 5.41 Å². The van der Waals surface area contributed by atoms with E-state index in [2.05, 4.69) is 183 Å². The first kappa shape index (κ1) is 27.2. The van der Waals surface area contributed by atoms with Crippen molar-refractivity contribution in [3.05, 3.63) is 197 Å². The highest BCUT2D eigenvalue weighted by Crippen LogP contribution is 2.64. The summed E-state index contributed by atoms with van der Waals surface area (Å²) < 4.78 is 0. The van der Waals surface area contributed by atoms with E-state index in [-0.39, 0.29) is 0 Å². The minimum atomic E-state index is -0.408. The molecule has 0 radical (unpaired) electrons. The number of hydrogen-bond donors (Lipinski definition) is 0. The molecule has 8 aromatic carbocycles. The molecule has 0 heterocycles. The average molecular weight is 612 g/mol. The van der Waals surface area contributed by atoms with Gasteiger partial charge in [0, 0.05) is 17.1 Å². The Balaban J connectivity index is 1.29. The second-order valence-corrected chi connectivity index (χ2v) is 13.4. The number of nitrogens with zero attached hydrogens (tertiary/aromatic N) is 1. The van der Waals surface area contributed by atoms with Gasteiger partial charge in [0.05, 0.1) is 5.41 Å². The van der Waals surface area contributed by atoms with Gasteiger partial charge >= 0.3 is 0 Å². The topological polar surface area (TPSA) is 3.24 Å². The average Bonchev–Trinajstić information content (AvgIpc) is 3.59. The van der Waals surface area contributed by atoms with Crippen LogP contribution in [0, 0.1) is 13.8 Å². The fraction of sp³-hybridized carbons (Fsp3) is 0.0638. The Morgan fingerprint density at radius 3 is 1.90 bits per heavy atom. The van der Waals surface area contributed by atoms with Crippen LogP contribution in [0.1, 0.15) is 33.4 Å². The summed E-state index contributed by atoms with van der Waals surface area (Å²) >= 11 is 0. The smallest absolute Gasteiger partial charge is 0.0731 e. The summed E-state index contributed by atoms with van der Waals surface area (Å²) in [5, 5.41) is 5.11. The van der Waals surface area contributed by atoms with Gasteiger partial charge in [-0.15, -0.1) is 0 Å². The zero-order valence-electron chi connectivity index (χ0n) is 27.0. The van der Waals surface area contributed by atoms with Gasteiger partial charge in [-0.1, -0.05) is 121 Å². The molecule has 2 aliphatic carbocycles. The van der Waals surface area contributed by atoms with Gasteiger partial charge in [-0.05, 0) is 133 Å². The van der Waals surface area contributed by atoms with Crippen LogP contribution in [-0.4, -0.2) is 0 Å². The first-order valence-electron chi connectivity index (χ1n) is 16.9. The lowest BCUT2D eigenvalue weighted by Crippen LogP contribution is -2.26. The van der Waals surface area contributed by atoms with E-state index in [1.807, 2.05) is 0 Å². The van der Waals surface area contributed by atoms with E-state index >= 15 is 0 Å². The van der Waals surface area contributed by atoms with E-state index in [0.717, 1.165) is 11.4 Å². The summed E-state index contributed by atoms with van der Waals surface area (Å²) in [6.07, 6.45) is 0. The molecule has 1 heteroatoms. The van der Waals surface area contributed by atoms with Crippen LogP contribution in [0.5, 0.6) is 0 Å². The third-order valence-electron chi connectivity index (χ3n) is 10.8. The maximum Gasteiger partial charge on any atom is 0.0731 e. The van der Waals surface area contributed by atoms with Gasteiger partial charge in [0.25, 0.3) is 0 Å². The van der Waals surface area contributed by atoms with Gasteiger partial charge in [0.1, 0.15) is 0 Å². The van der Waals surface area contributed by atoms with Crippen molar-refractivity contribution in [2.75, 3.05) is 4.90 Å². The van der Waals surface area contributed by atoms with Crippen molar-refractivity contribution in [2.24, 2.45) is 0 Å². The van der Waals surface area contributed by atoms with E-state index in [1.54, 1.807) is 0 Å². The molecule has 8 aromatic rings. The second kappa shape index (κ2) is 10.0. The molecule has 0 unspecified atom stereocenters. The van der Waals surface area contributed by atoms with Gasteiger partial charge in [0.15, 0.2) is 0 Å². The number of aryl methyl sites for hydroxylation is 2. The van der Waals surface area contributed by atoms with Crippen molar-refractivity contribution in [2.45, 2.75) is 19.3 Å². The second-order valence-electron chi connectivity index (χ2n) is 13.4. The van der Waals surface area contributed by atoms with Crippen LogP contribution in [0.3, 0.4) is 0 Å². The van der Waals surface area contributed by atoms with Gasteiger partial charge in [-0.2, -0.15) is 0 Å². The Labute approximate surface area is 281 Å². The number of para-hydroxylation sites is 1. The lowest BCUT2D eigenvalue weighted by molar-refractivity contribution is 0.802. The van der Waals surface area contributed by atoms with Gasteiger partial charge in [-0.25, -0.2) is 0 Å². The number of benzene rings is 8. The van der Waals surface area contributed by atoms with Crippen LogP contribution < -0.4 is 4.90 Å². The Kier molecular flexibility index (Phi) is 5.69. The van der Waals surface area contributed by atoms with Crippen LogP contribution in [0.4, 0.5) is 17.1 Å². The molecule has 226 valence electrons. The van der Waals surface area contributed by atoms with Gasteiger partial charge < -0.3 is 4.90 Å². The van der Waals surface area contributed by atoms with Gasteiger partial charge in [0.2, 0.25) is 0 Å². The highest BCUT2D eigenvalue weighted by Gasteiger charge is 2.52. The number of rotatable bonds is 3. The first-order chi connectivity index (χ1) is 23.6. The minimum absolute atomic E-state index is 0.408. The molecule has 0 atom stereocenters. The zero-order chi connectivity index (χ0) is 32.0.